The molecule has 0 bridgehead atoms. The van der Waals surface area contributed by atoms with Crippen LogP contribution in [0.25, 0.3) is 0 Å². The predicted octanol–water partition coefficient (Wildman–Crippen LogP) is 3.87. The number of H-pyrrole nitrogens is 1. The molecule has 4 nitrogen and oxygen atoms in total. The van der Waals surface area contributed by atoms with Crippen molar-refractivity contribution in [1.82, 2.24) is 9.97 Å². The number of hydrogen-bond donors (Lipinski definition) is 1. The molecule has 112 valence electrons. The Labute approximate surface area is 125 Å². The monoisotopic (exact) mass is 296 g/mol. The smallest absolute Gasteiger partial charge is 0.140 e. The molecule has 0 radical (unpaired) electrons. The van der Waals surface area contributed by atoms with E-state index in [0.717, 1.165) is 24.4 Å². The molecule has 0 saturated heterocycles. The number of aromatic nitrogens is 2. The average molecular weight is 296 g/mol. The summed E-state index contributed by atoms with van der Waals surface area (Å²) in [4.78, 5) is 7.93. The highest BCUT2D eigenvalue weighted by atomic mass is 32.1. The summed E-state index contributed by atoms with van der Waals surface area (Å²) in [6.45, 7) is 3.25. The van der Waals surface area contributed by atoms with E-state index >= 15 is 0 Å². The highest BCUT2D eigenvalue weighted by Crippen LogP contribution is 2.37. The van der Waals surface area contributed by atoms with Crippen LogP contribution in [0.1, 0.15) is 57.0 Å². The number of aromatic amines is 1. The number of hydrogen-bond acceptors (Lipinski definition) is 4. The Hall–Kier alpha value is -0.780. The lowest BCUT2D eigenvalue weighted by molar-refractivity contribution is -0.0628. The standard InChI is InChI=1S/C15H24N2O2S/c1-3-19-15(8-6-4-5-7-9-15)14-16-12(11-18-2)10-13(20)17-14/h10H,3-9,11H2,1-2H3,(H,16,17,20). The molecule has 0 amide bonds. The fraction of sp³-hybridized carbons (Fsp3) is 0.733. The molecule has 1 aliphatic carbocycles. The van der Waals surface area contributed by atoms with Gasteiger partial charge in [0, 0.05) is 19.4 Å². The number of nitrogens with one attached hydrogen (secondary N) is 1. The van der Waals surface area contributed by atoms with Crippen molar-refractivity contribution >= 4 is 12.2 Å². The first-order valence-corrected chi connectivity index (χ1v) is 7.84. The van der Waals surface area contributed by atoms with Gasteiger partial charge >= 0.3 is 0 Å². The number of rotatable bonds is 5. The van der Waals surface area contributed by atoms with Gasteiger partial charge in [0.1, 0.15) is 16.1 Å². The molecule has 1 heterocycles. The molecular formula is C15H24N2O2S. The summed E-state index contributed by atoms with van der Waals surface area (Å²) in [5.74, 6) is 0.876. The minimum atomic E-state index is -0.303. The van der Waals surface area contributed by atoms with Gasteiger partial charge in [0.25, 0.3) is 0 Å². The molecule has 0 unspecified atom stereocenters. The molecule has 1 N–H and O–H groups in total. The maximum atomic E-state index is 6.14. The summed E-state index contributed by atoms with van der Waals surface area (Å²) in [6, 6.07) is 1.86. The van der Waals surface area contributed by atoms with E-state index in [1.807, 2.05) is 13.0 Å². The van der Waals surface area contributed by atoms with Crippen LogP contribution in [0, 0.1) is 4.64 Å². The van der Waals surface area contributed by atoms with Crippen molar-refractivity contribution in [2.24, 2.45) is 0 Å². The van der Waals surface area contributed by atoms with Gasteiger partial charge in [-0.1, -0.05) is 37.9 Å². The van der Waals surface area contributed by atoms with Crippen LogP contribution in [-0.2, 0) is 21.7 Å². The second kappa shape index (κ2) is 7.29. The van der Waals surface area contributed by atoms with Crippen molar-refractivity contribution in [3.05, 3.63) is 22.2 Å². The summed E-state index contributed by atoms with van der Waals surface area (Å²) in [6.07, 6.45) is 6.92. The normalized spacial score (nSPS) is 18.7. The first kappa shape index (κ1) is 15.6. The van der Waals surface area contributed by atoms with Gasteiger partial charge in [0.05, 0.1) is 6.61 Å². The van der Waals surface area contributed by atoms with E-state index in [0.29, 0.717) is 17.9 Å². The Bertz CT molecular complexity index is 479. The SMILES string of the molecule is CCOC1(c2nc(=S)cc(COC)[nH]2)CCCCCC1. The molecular weight excluding hydrogens is 272 g/mol. The molecule has 1 aromatic rings. The fourth-order valence-electron chi connectivity index (χ4n) is 2.98. The minimum absolute atomic E-state index is 0.303. The Morgan fingerprint density at radius 2 is 2.00 bits per heavy atom. The topological polar surface area (TPSA) is 47.1 Å². The molecule has 2 rings (SSSR count). The lowest BCUT2D eigenvalue weighted by Crippen LogP contribution is -2.32. The second-order valence-electron chi connectivity index (χ2n) is 5.37. The van der Waals surface area contributed by atoms with E-state index in [1.165, 1.54) is 25.7 Å². The summed E-state index contributed by atoms with van der Waals surface area (Å²) in [5.41, 5.74) is 0.661. The van der Waals surface area contributed by atoms with Gasteiger partial charge in [-0.15, -0.1) is 0 Å². The van der Waals surface area contributed by atoms with Crippen LogP contribution in [0.15, 0.2) is 6.07 Å². The van der Waals surface area contributed by atoms with Crippen LogP contribution in [-0.4, -0.2) is 23.7 Å². The first-order chi connectivity index (χ1) is 9.70. The lowest BCUT2D eigenvalue weighted by Gasteiger charge is -2.32. The number of methoxy groups -OCH3 is 1. The average Bonchev–Trinajstić information content (AvgIpc) is 2.65. The van der Waals surface area contributed by atoms with Gasteiger partial charge in [-0.05, 0) is 25.8 Å². The lowest BCUT2D eigenvalue weighted by atomic mass is 9.93. The Morgan fingerprint density at radius 3 is 2.60 bits per heavy atom. The van der Waals surface area contributed by atoms with Crippen molar-refractivity contribution in [2.75, 3.05) is 13.7 Å². The summed E-state index contributed by atoms with van der Waals surface area (Å²) in [5, 5.41) is 0. The highest BCUT2D eigenvalue weighted by molar-refractivity contribution is 7.71. The van der Waals surface area contributed by atoms with Crippen LogP contribution >= 0.6 is 12.2 Å². The van der Waals surface area contributed by atoms with E-state index in [2.05, 4.69) is 9.97 Å². The van der Waals surface area contributed by atoms with E-state index < -0.39 is 0 Å². The van der Waals surface area contributed by atoms with Crippen molar-refractivity contribution in [3.63, 3.8) is 0 Å². The summed E-state index contributed by atoms with van der Waals surface area (Å²) < 4.78 is 11.9. The molecule has 5 heteroatoms. The third kappa shape index (κ3) is 3.65. The van der Waals surface area contributed by atoms with Crippen molar-refractivity contribution < 1.29 is 9.47 Å². The molecule has 0 aromatic carbocycles. The summed E-state index contributed by atoms with van der Waals surface area (Å²) >= 11 is 5.30. The van der Waals surface area contributed by atoms with Gasteiger partial charge in [0.2, 0.25) is 0 Å². The zero-order valence-electron chi connectivity index (χ0n) is 12.4. The van der Waals surface area contributed by atoms with Gasteiger partial charge in [-0.25, -0.2) is 4.98 Å². The zero-order chi connectivity index (χ0) is 14.4. The molecule has 0 aliphatic heterocycles. The Morgan fingerprint density at radius 1 is 1.30 bits per heavy atom. The predicted molar refractivity (Wildman–Crippen MR) is 81.1 cm³/mol. The molecule has 1 fully saturated rings. The van der Waals surface area contributed by atoms with Gasteiger partial charge < -0.3 is 14.5 Å². The molecule has 0 atom stereocenters. The maximum absolute atomic E-state index is 6.14. The molecule has 20 heavy (non-hydrogen) atoms. The Balaban J connectivity index is 2.39. The van der Waals surface area contributed by atoms with Crippen molar-refractivity contribution in [3.8, 4) is 0 Å². The van der Waals surface area contributed by atoms with Gasteiger partial charge in [-0.3, -0.25) is 0 Å². The van der Waals surface area contributed by atoms with E-state index in [-0.39, 0.29) is 5.60 Å². The van der Waals surface area contributed by atoms with Gasteiger partial charge in [-0.2, -0.15) is 0 Å². The van der Waals surface area contributed by atoms with Crippen molar-refractivity contribution in [2.45, 2.75) is 57.7 Å². The summed E-state index contributed by atoms with van der Waals surface area (Å²) in [7, 11) is 1.68. The number of nitrogens with zero attached hydrogens (tertiary/aromatic N) is 1. The quantitative estimate of drug-likeness (QED) is 0.662. The zero-order valence-corrected chi connectivity index (χ0v) is 13.2. The minimum Gasteiger partial charge on any atom is -0.378 e. The molecule has 1 aliphatic rings. The largest absolute Gasteiger partial charge is 0.378 e. The van der Waals surface area contributed by atoms with Crippen LogP contribution in [0.3, 0.4) is 0 Å². The van der Waals surface area contributed by atoms with Crippen LogP contribution in [0.5, 0.6) is 0 Å². The van der Waals surface area contributed by atoms with E-state index in [1.54, 1.807) is 7.11 Å². The second-order valence-corrected chi connectivity index (χ2v) is 5.79. The Kier molecular flexibility index (Phi) is 5.69. The fourth-order valence-corrected chi connectivity index (χ4v) is 3.22. The van der Waals surface area contributed by atoms with Crippen LogP contribution in [0.4, 0.5) is 0 Å². The third-order valence-corrected chi connectivity index (χ3v) is 4.07. The highest BCUT2D eigenvalue weighted by Gasteiger charge is 2.36. The number of ether oxygens (including phenoxy) is 2. The third-order valence-electron chi connectivity index (χ3n) is 3.86. The molecule has 1 saturated carbocycles. The van der Waals surface area contributed by atoms with Gasteiger partial charge in [0.15, 0.2) is 0 Å². The van der Waals surface area contributed by atoms with E-state index in [9.17, 15) is 0 Å². The van der Waals surface area contributed by atoms with Crippen LogP contribution in [0.2, 0.25) is 0 Å². The maximum Gasteiger partial charge on any atom is 0.140 e. The van der Waals surface area contributed by atoms with Crippen LogP contribution < -0.4 is 0 Å². The molecule has 0 spiro atoms. The van der Waals surface area contributed by atoms with E-state index in [4.69, 9.17) is 21.7 Å². The van der Waals surface area contributed by atoms with Crippen molar-refractivity contribution in [1.29, 1.82) is 0 Å². The first-order valence-electron chi connectivity index (χ1n) is 7.44. The molecule has 1 aromatic heterocycles.